The third kappa shape index (κ3) is 2.61. The summed E-state index contributed by atoms with van der Waals surface area (Å²) >= 11 is 0. The van der Waals surface area contributed by atoms with E-state index in [1.165, 1.54) is 7.11 Å². The Labute approximate surface area is 145 Å². The van der Waals surface area contributed by atoms with Crippen LogP contribution in [0.3, 0.4) is 0 Å². The van der Waals surface area contributed by atoms with Gasteiger partial charge in [0.1, 0.15) is 5.82 Å². The highest BCUT2D eigenvalue weighted by Crippen LogP contribution is 2.34. The van der Waals surface area contributed by atoms with Gasteiger partial charge in [-0.2, -0.15) is 0 Å². The number of anilines is 1. The van der Waals surface area contributed by atoms with Gasteiger partial charge in [0.15, 0.2) is 0 Å². The van der Waals surface area contributed by atoms with Crippen LogP contribution >= 0.6 is 0 Å². The van der Waals surface area contributed by atoms with Gasteiger partial charge in [0.25, 0.3) is 5.91 Å². The number of aromatic nitrogens is 1. The van der Waals surface area contributed by atoms with Gasteiger partial charge in [-0.05, 0) is 66.6 Å². The molecule has 0 unspecified atom stereocenters. The molecule has 4 rings (SSSR count). The fourth-order valence-corrected chi connectivity index (χ4v) is 3.65. The van der Waals surface area contributed by atoms with E-state index in [2.05, 4.69) is 10.3 Å². The summed E-state index contributed by atoms with van der Waals surface area (Å²) in [7, 11) is 1.40. The van der Waals surface area contributed by atoms with Crippen LogP contribution in [0.25, 0.3) is 11.6 Å². The van der Waals surface area contributed by atoms with Gasteiger partial charge in [-0.3, -0.25) is 4.79 Å². The molecule has 1 aromatic carbocycles. The minimum atomic E-state index is -0.300. The van der Waals surface area contributed by atoms with Crippen LogP contribution in [0.5, 0.6) is 0 Å². The molecule has 0 radical (unpaired) electrons. The number of ether oxygens (including phenoxy) is 1. The van der Waals surface area contributed by atoms with E-state index in [-0.39, 0.29) is 11.9 Å². The highest BCUT2D eigenvalue weighted by molar-refractivity contribution is 6.34. The molecule has 0 saturated carbocycles. The van der Waals surface area contributed by atoms with Crippen molar-refractivity contribution in [2.45, 2.75) is 25.7 Å². The Kier molecular flexibility index (Phi) is 3.84. The molecule has 1 aromatic heterocycles. The van der Waals surface area contributed by atoms with E-state index < -0.39 is 0 Å². The van der Waals surface area contributed by atoms with E-state index in [1.54, 1.807) is 12.3 Å². The molecule has 126 valence electrons. The number of nitrogens with zero attached hydrogens (tertiary/aromatic N) is 1. The quantitative estimate of drug-likeness (QED) is 0.676. The second kappa shape index (κ2) is 6.16. The van der Waals surface area contributed by atoms with Gasteiger partial charge >= 0.3 is 5.97 Å². The zero-order chi connectivity index (χ0) is 17.4. The summed E-state index contributed by atoms with van der Waals surface area (Å²) in [5.74, 6) is 0.152. The van der Waals surface area contributed by atoms with Crippen LogP contribution in [0.4, 0.5) is 5.82 Å². The first-order chi connectivity index (χ1) is 12.2. The fourth-order valence-electron chi connectivity index (χ4n) is 3.65. The number of pyridine rings is 1. The van der Waals surface area contributed by atoms with Crippen molar-refractivity contribution >= 4 is 29.3 Å². The van der Waals surface area contributed by atoms with Crippen molar-refractivity contribution in [3.8, 4) is 0 Å². The predicted molar refractivity (Wildman–Crippen MR) is 95.2 cm³/mol. The average molecular weight is 334 g/mol. The first-order valence-electron chi connectivity index (χ1n) is 8.40. The standard InChI is InChI=1S/C20H18N2O3/c1-25-20(24)16-9-8-12(13-5-2-3-6-14(13)16)11-17-15-7-4-10-21-18(15)22-19(17)23/h4,7-11H,2-3,5-6H2,1H3,(H,21,22,23). The second-order valence-corrected chi connectivity index (χ2v) is 6.27. The van der Waals surface area contributed by atoms with Gasteiger partial charge in [0.05, 0.1) is 18.2 Å². The van der Waals surface area contributed by atoms with E-state index in [4.69, 9.17) is 4.74 Å². The molecule has 1 aliphatic carbocycles. The van der Waals surface area contributed by atoms with E-state index in [9.17, 15) is 9.59 Å². The molecule has 2 heterocycles. The molecule has 1 N–H and O–H groups in total. The number of amides is 1. The van der Waals surface area contributed by atoms with Crippen molar-refractivity contribution in [1.82, 2.24) is 4.98 Å². The number of carbonyl (C=O) groups is 2. The van der Waals surface area contributed by atoms with Crippen LogP contribution in [-0.4, -0.2) is 24.0 Å². The average Bonchev–Trinajstić information content (AvgIpc) is 2.97. The zero-order valence-corrected chi connectivity index (χ0v) is 14.0. The number of fused-ring (bicyclic) bond motifs is 2. The summed E-state index contributed by atoms with van der Waals surface area (Å²) in [4.78, 5) is 28.6. The number of hydrogen-bond acceptors (Lipinski definition) is 4. The Morgan fingerprint density at radius 3 is 2.80 bits per heavy atom. The van der Waals surface area contributed by atoms with Crippen molar-refractivity contribution in [1.29, 1.82) is 0 Å². The van der Waals surface area contributed by atoms with Gasteiger partial charge in [-0.1, -0.05) is 6.07 Å². The van der Waals surface area contributed by atoms with Gasteiger partial charge in [-0.25, -0.2) is 9.78 Å². The molecule has 5 heteroatoms. The Morgan fingerprint density at radius 1 is 1.20 bits per heavy atom. The maximum absolute atomic E-state index is 12.3. The Balaban J connectivity index is 1.84. The summed E-state index contributed by atoms with van der Waals surface area (Å²) in [6, 6.07) is 7.43. The number of nitrogens with one attached hydrogen (secondary N) is 1. The summed E-state index contributed by atoms with van der Waals surface area (Å²) in [5, 5.41) is 2.79. The first kappa shape index (κ1) is 15.6. The largest absolute Gasteiger partial charge is 0.465 e. The molecule has 25 heavy (non-hydrogen) atoms. The van der Waals surface area contributed by atoms with Crippen LogP contribution < -0.4 is 5.32 Å². The van der Waals surface area contributed by atoms with Crippen LogP contribution in [0.1, 0.15) is 45.5 Å². The van der Waals surface area contributed by atoms with Crippen molar-refractivity contribution in [3.63, 3.8) is 0 Å². The minimum Gasteiger partial charge on any atom is -0.465 e. The SMILES string of the molecule is COC(=O)c1ccc(C=C2C(=O)Nc3ncccc32)c2c1CCCC2. The number of rotatable bonds is 2. The third-order valence-corrected chi connectivity index (χ3v) is 4.85. The fraction of sp³-hybridized carbons (Fsp3) is 0.250. The molecule has 0 spiro atoms. The zero-order valence-electron chi connectivity index (χ0n) is 14.0. The maximum Gasteiger partial charge on any atom is 0.338 e. The van der Waals surface area contributed by atoms with Crippen molar-refractivity contribution < 1.29 is 14.3 Å². The second-order valence-electron chi connectivity index (χ2n) is 6.27. The molecule has 1 amide bonds. The lowest BCUT2D eigenvalue weighted by Gasteiger charge is -2.21. The lowest BCUT2D eigenvalue weighted by atomic mass is 9.84. The summed E-state index contributed by atoms with van der Waals surface area (Å²) in [6.45, 7) is 0. The van der Waals surface area contributed by atoms with Crippen molar-refractivity contribution in [2.75, 3.05) is 12.4 Å². The molecular weight excluding hydrogens is 316 g/mol. The lowest BCUT2D eigenvalue weighted by molar-refractivity contribution is -0.110. The monoisotopic (exact) mass is 334 g/mol. The highest BCUT2D eigenvalue weighted by atomic mass is 16.5. The molecule has 2 aliphatic rings. The number of methoxy groups -OCH3 is 1. The number of carbonyl (C=O) groups excluding carboxylic acids is 2. The van der Waals surface area contributed by atoms with E-state index in [1.807, 2.05) is 24.3 Å². The van der Waals surface area contributed by atoms with Crippen molar-refractivity contribution in [3.05, 3.63) is 58.3 Å². The molecule has 0 fully saturated rings. The molecule has 0 bridgehead atoms. The van der Waals surface area contributed by atoms with Gasteiger partial charge < -0.3 is 10.1 Å². The molecular formula is C20H18N2O3. The maximum atomic E-state index is 12.3. The Morgan fingerprint density at radius 2 is 2.00 bits per heavy atom. The number of esters is 1. The summed E-state index contributed by atoms with van der Waals surface area (Å²) in [5.41, 5.74) is 5.25. The Hall–Kier alpha value is -2.95. The Bertz CT molecular complexity index is 915. The van der Waals surface area contributed by atoms with Crippen LogP contribution in [-0.2, 0) is 22.4 Å². The topological polar surface area (TPSA) is 68.3 Å². The van der Waals surface area contributed by atoms with Crippen molar-refractivity contribution in [2.24, 2.45) is 0 Å². The summed E-state index contributed by atoms with van der Waals surface area (Å²) in [6.07, 6.45) is 7.48. The molecule has 0 atom stereocenters. The summed E-state index contributed by atoms with van der Waals surface area (Å²) < 4.78 is 4.91. The smallest absolute Gasteiger partial charge is 0.338 e. The molecule has 2 aromatic rings. The third-order valence-electron chi connectivity index (χ3n) is 4.85. The lowest BCUT2D eigenvalue weighted by Crippen LogP contribution is -2.13. The normalized spacial score (nSPS) is 17.0. The van der Waals surface area contributed by atoms with Gasteiger partial charge in [-0.15, -0.1) is 0 Å². The van der Waals surface area contributed by atoms with Crippen LogP contribution in [0, 0.1) is 0 Å². The van der Waals surface area contributed by atoms with Gasteiger partial charge in [0, 0.05) is 11.8 Å². The number of hydrogen-bond donors (Lipinski definition) is 1. The van der Waals surface area contributed by atoms with Gasteiger partial charge in [0.2, 0.25) is 0 Å². The van der Waals surface area contributed by atoms with Crippen LogP contribution in [0.2, 0.25) is 0 Å². The first-order valence-corrected chi connectivity index (χ1v) is 8.40. The number of benzene rings is 1. The molecule has 1 aliphatic heterocycles. The van der Waals surface area contributed by atoms with Crippen LogP contribution in [0.15, 0.2) is 30.5 Å². The predicted octanol–water partition coefficient (Wildman–Crippen LogP) is 3.24. The highest BCUT2D eigenvalue weighted by Gasteiger charge is 2.26. The minimum absolute atomic E-state index is 0.143. The molecule has 0 saturated heterocycles. The van der Waals surface area contributed by atoms with E-state index >= 15 is 0 Å². The van der Waals surface area contributed by atoms with E-state index in [0.717, 1.165) is 47.9 Å². The van der Waals surface area contributed by atoms with E-state index in [0.29, 0.717) is 17.0 Å². The molecule has 5 nitrogen and oxygen atoms in total.